The Morgan fingerprint density at radius 3 is 2.67 bits per heavy atom. The summed E-state index contributed by atoms with van der Waals surface area (Å²) in [7, 11) is 0. The van der Waals surface area contributed by atoms with Crippen LogP contribution in [-0.2, 0) is 4.79 Å². The molecule has 0 unspecified atom stereocenters. The number of nitrogens with one attached hydrogen (secondary N) is 1. The van der Waals surface area contributed by atoms with Gasteiger partial charge in [-0.2, -0.15) is 0 Å². The Hall–Kier alpha value is -2.63. The van der Waals surface area contributed by atoms with Gasteiger partial charge in [0.05, 0.1) is 12.5 Å². The Labute approximate surface area is 122 Å². The molecule has 0 spiro atoms. The van der Waals surface area contributed by atoms with Gasteiger partial charge in [0.1, 0.15) is 11.7 Å². The van der Waals surface area contributed by atoms with Crippen LogP contribution in [0.3, 0.4) is 0 Å². The van der Waals surface area contributed by atoms with Crippen LogP contribution in [0.2, 0.25) is 0 Å². The van der Waals surface area contributed by atoms with E-state index in [1.54, 1.807) is 4.57 Å². The first-order valence-corrected chi connectivity index (χ1v) is 6.75. The molecule has 1 amide bonds. The molecule has 6 heteroatoms. The van der Waals surface area contributed by atoms with Gasteiger partial charge in [-0.1, -0.05) is 31.5 Å². The molecule has 6 nitrogen and oxygen atoms in total. The van der Waals surface area contributed by atoms with Crippen LogP contribution in [0.15, 0.2) is 42.9 Å². The standard InChI is InChI=1S/C15H17N3O3/c1-2-6-12(15(20)21)17-14(19)13-9-16-10-18(13)11-7-4-3-5-8-11/h3-5,7-10,12H,2,6H2,1H3,(H,17,19)(H,20,21)/t12-/m1/s1. The fraction of sp³-hybridized carbons (Fsp3) is 0.267. The Morgan fingerprint density at radius 1 is 1.33 bits per heavy atom. The molecule has 0 bridgehead atoms. The molecule has 2 aromatic rings. The molecular weight excluding hydrogens is 270 g/mol. The minimum Gasteiger partial charge on any atom is -0.480 e. The SMILES string of the molecule is CCC[C@@H](NC(=O)c1cncn1-c1ccccc1)C(=O)O. The summed E-state index contributed by atoms with van der Waals surface area (Å²) in [6.45, 7) is 1.87. The van der Waals surface area contributed by atoms with Gasteiger partial charge in [0.2, 0.25) is 0 Å². The van der Waals surface area contributed by atoms with E-state index in [9.17, 15) is 9.59 Å². The second-order valence-electron chi connectivity index (χ2n) is 4.64. The predicted octanol–water partition coefficient (Wildman–Crippen LogP) is 1.86. The number of aliphatic carboxylic acids is 1. The number of rotatable bonds is 6. The van der Waals surface area contributed by atoms with Gasteiger partial charge >= 0.3 is 5.97 Å². The van der Waals surface area contributed by atoms with Crippen molar-refractivity contribution in [3.63, 3.8) is 0 Å². The van der Waals surface area contributed by atoms with E-state index in [4.69, 9.17) is 5.11 Å². The number of amides is 1. The summed E-state index contributed by atoms with van der Waals surface area (Å²) in [4.78, 5) is 27.3. The highest BCUT2D eigenvalue weighted by atomic mass is 16.4. The van der Waals surface area contributed by atoms with Crippen LogP contribution in [0.4, 0.5) is 0 Å². The number of benzene rings is 1. The van der Waals surface area contributed by atoms with Crippen LogP contribution in [0, 0.1) is 0 Å². The van der Waals surface area contributed by atoms with Crippen LogP contribution in [0.25, 0.3) is 5.69 Å². The third-order valence-electron chi connectivity index (χ3n) is 3.09. The van der Waals surface area contributed by atoms with Gasteiger partial charge in [-0.25, -0.2) is 9.78 Å². The molecule has 1 aromatic carbocycles. The Morgan fingerprint density at radius 2 is 2.05 bits per heavy atom. The van der Waals surface area contributed by atoms with Gasteiger partial charge < -0.3 is 10.4 Å². The fourth-order valence-electron chi connectivity index (χ4n) is 2.04. The van der Waals surface area contributed by atoms with Gasteiger partial charge in [0, 0.05) is 5.69 Å². The predicted molar refractivity (Wildman–Crippen MR) is 77.4 cm³/mol. The molecular formula is C15H17N3O3. The maximum Gasteiger partial charge on any atom is 0.326 e. The monoisotopic (exact) mass is 287 g/mol. The average molecular weight is 287 g/mol. The number of imidazole rings is 1. The lowest BCUT2D eigenvalue weighted by molar-refractivity contribution is -0.139. The topological polar surface area (TPSA) is 84.2 Å². The molecule has 0 fully saturated rings. The summed E-state index contributed by atoms with van der Waals surface area (Å²) in [5.74, 6) is -1.48. The lowest BCUT2D eigenvalue weighted by Crippen LogP contribution is -2.41. The highest BCUT2D eigenvalue weighted by Gasteiger charge is 2.21. The zero-order chi connectivity index (χ0) is 15.2. The van der Waals surface area contributed by atoms with E-state index in [1.807, 2.05) is 37.3 Å². The molecule has 0 saturated carbocycles. The second kappa shape index (κ2) is 6.69. The summed E-state index contributed by atoms with van der Waals surface area (Å²) in [6, 6.07) is 8.39. The third kappa shape index (κ3) is 3.47. The number of carbonyl (C=O) groups excluding carboxylic acids is 1. The van der Waals surface area contributed by atoms with Crippen molar-refractivity contribution in [1.82, 2.24) is 14.9 Å². The normalized spacial score (nSPS) is 11.9. The maximum absolute atomic E-state index is 12.3. The summed E-state index contributed by atoms with van der Waals surface area (Å²) >= 11 is 0. The average Bonchev–Trinajstić information content (AvgIpc) is 2.97. The van der Waals surface area contributed by atoms with Crippen LogP contribution in [0.5, 0.6) is 0 Å². The first kappa shape index (κ1) is 14.8. The van der Waals surface area contributed by atoms with Crippen molar-refractivity contribution in [3.8, 4) is 5.69 Å². The summed E-state index contributed by atoms with van der Waals surface area (Å²) in [5.41, 5.74) is 1.10. The Bertz CT molecular complexity index is 622. The summed E-state index contributed by atoms with van der Waals surface area (Å²) < 4.78 is 1.63. The van der Waals surface area contributed by atoms with E-state index in [0.717, 1.165) is 5.69 Å². The van der Waals surface area contributed by atoms with Crippen molar-refractivity contribution < 1.29 is 14.7 Å². The molecule has 0 aliphatic rings. The van der Waals surface area contributed by atoms with Gasteiger partial charge in [0.25, 0.3) is 5.91 Å². The van der Waals surface area contributed by atoms with Crippen molar-refractivity contribution in [2.45, 2.75) is 25.8 Å². The van der Waals surface area contributed by atoms with Crippen molar-refractivity contribution in [1.29, 1.82) is 0 Å². The smallest absolute Gasteiger partial charge is 0.326 e. The highest BCUT2D eigenvalue weighted by molar-refractivity contribution is 5.95. The number of carboxylic acid groups (broad SMARTS) is 1. The summed E-state index contributed by atoms with van der Waals surface area (Å²) in [6.07, 6.45) is 4.02. The lowest BCUT2D eigenvalue weighted by atomic mass is 10.1. The molecule has 2 rings (SSSR count). The minimum absolute atomic E-state index is 0.309. The Kier molecular flexibility index (Phi) is 4.71. The highest BCUT2D eigenvalue weighted by Crippen LogP contribution is 2.11. The third-order valence-corrected chi connectivity index (χ3v) is 3.09. The van der Waals surface area contributed by atoms with Crippen LogP contribution >= 0.6 is 0 Å². The minimum atomic E-state index is -1.03. The van der Waals surface area contributed by atoms with E-state index < -0.39 is 17.9 Å². The van der Waals surface area contributed by atoms with Crippen LogP contribution in [0.1, 0.15) is 30.3 Å². The quantitative estimate of drug-likeness (QED) is 0.849. The molecule has 1 heterocycles. The van der Waals surface area contributed by atoms with Gasteiger partial charge in [-0.05, 0) is 18.6 Å². The molecule has 21 heavy (non-hydrogen) atoms. The van der Waals surface area contributed by atoms with Gasteiger partial charge in [-0.3, -0.25) is 9.36 Å². The number of nitrogens with zero attached hydrogens (tertiary/aromatic N) is 2. The first-order chi connectivity index (χ1) is 10.1. The van der Waals surface area contributed by atoms with Gasteiger partial charge in [0.15, 0.2) is 0 Å². The number of hydrogen-bond acceptors (Lipinski definition) is 3. The zero-order valence-electron chi connectivity index (χ0n) is 11.7. The van der Waals surface area contributed by atoms with Crippen molar-refractivity contribution in [2.24, 2.45) is 0 Å². The first-order valence-electron chi connectivity index (χ1n) is 6.75. The maximum atomic E-state index is 12.3. The van der Waals surface area contributed by atoms with E-state index in [1.165, 1.54) is 12.5 Å². The van der Waals surface area contributed by atoms with E-state index in [0.29, 0.717) is 18.5 Å². The Balaban J connectivity index is 2.21. The molecule has 1 atom stereocenters. The van der Waals surface area contributed by atoms with E-state index in [2.05, 4.69) is 10.3 Å². The second-order valence-corrected chi connectivity index (χ2v) is 4.64. The molecule has 2 N–H and O–H groups in total. The van der Waals surface area contributed by atoms with Crippen molar-refractivity contribution >= 4 is 11.9 Å². The number of aromatic nitrogens is 2. The molecule has 0 aliphatic carbocycles. The van der Waals surface area contributed by atoms with E-state index >= 15 is 0 Å². The number of carbonyl (C=O) groups is 2. The molecule has 0 aliphatic heterocycles. The molecule has 0 saturated heterocycles. The van der Waals surface area contributed by atoms with Crippen molar-refractivity contribution in [3.05, 3.63) is 48.5 Å². The fourth-order valence-corrected chi connectivity index (χ4v) is 2.04. The molecule has 0 radical (unpaired) electrons. The van der Waals surface area contributed by atoms with Crippen LogP contribution in [-0.4, -0.2) is 32.6 Å². The number of carboxylic acids is 1. The number of para-hydroxylation sites is 1. The largest absolute Gasteiger partial charge is 0.480 e. The summed E-state index contributed by atoms with van der Waals surface area (Å²) in [5, 5.41) is 11.6. The molecule has 1 aromatic heterocycles. The van der Waals surface area contributed by atoms with Crippen LogP contribution < -0.4 is 5.32 Å². The van der Waals surface area contributed by atoms with Gasteiger partial charge in [-0.15, -0.1) is 0 Å². The number of hydrogen-bond donors (Lipinski definition) is 2. The zero-order valence-corrected chi connectivity index (χ0v) is 11.7. The van der Waals surface area contributed by atoms with E-state index in [-0.39, 0.29) is 0 Å². The van der Waals surface area contributed by atoms with Crippen molar-refractivity contribution in [2.75, 3.05) is 0 Å². The lowest BCUT2D eigenvalue weighted by Gasteiger charge is -2.14. The molecule has 110 valence electrons.